The number of nitrogens with zero attached hydrogens (tertiary/aromatic N) is 2. The molecule has 0 saturated carbocycles. The highest BCUT2D eigenvalue weighted by Crippen LogP contribution is 2.19. The molecule has 0 aromatic heterocycles. The molecule has 1 aromatic rings. The van der Waals surface area contributed by atoms with Crippen molar-refractivity contribution in [1.29, 1.82) is 0 Å². The number of likely N-dealkylation sites (tertiary alicyclic amines) is 1. The van der Waals surface area contributed by atoms with Gasteiger partial charge < -0.3 is 20.2 Å². The van der Waals surface area contributed by atoms with Crippen LogP contribution in [0.3, 0.4) is 0 Å². The summed E-state index contributed by atoms with van der Waals surface area (Å²) in [5, 5.41) is 11.5. The van der Waals surface area contributed by atoms with Crippen LogP contribution in [0.5, 0.6) is 0 Å². The molecule has 7 heteroatoms. The number of anilines is 1. The molecule has 0 bridgehead atoms. The van der Waals surface area contributed by atoms with Crippen molar-refractivity contribution in [1.82, 2.24) is 9.80 Å². The van der Waals surface area contributed by atoms with Crippen LogP contribution in [0.4, 0.5) is 10.5 Å². The number of amides is 3. The fourth-order valence-electron chi connectivity index (χ4n) is 2.77. The molecule has 0 aliphatic carbocycles. The molecule has 3 amide bonds. The van der Waals surface area contributed by atoms with E-state index in [4.69, 9.17) is 5.11 Å². The summed E-state index contributed by atoms with van der Waals surface area (Å²) in [7, 11) is 1.61. The van der Waals surface area contributed by atoms with E-state index >= 15 is 0 Å². The Balaban J connectivity index is 1.89. The van der Waals surface area contributed by atoms with Gasteiger partial charge in [0, 0.05) is 32.4 Å². The molecule has 1 aliphatic heterocycles. The molecule has 1 unspecified atom stereocenters. The van der Waals surface area contributed by atoms with Crippen LogP contribution in [0.15, 0.2) is 30.3 Å². The highest BCUT2D eigenvalue weighted by atomic mass is 16.4. The van der Waals surface area contributed by atoms with Gasteiger partial charge in [-0.05, 0) is 25.0 Å². The molecule has 1 aliphatic rings. The predicted molar refractivity (Wildman–Crippen MR) is 89.6 cm³/mol. The van der Waals surface area contributed by atoms with Crippen molar-refractivity contribution < 1.29 is 19.5 Å². The summed E-state index contributed by atoms with van der Waals surface area (Å²) in [6.07, 6.45) is 1.39. The fraction of sp³-hybridized carbons (Fsp3) is 0.471. The van der Waals surface area contributed by atoms with Gasteiger partial charge in [-0.15, -0.1) is 0 Å². The van der Waals surface area contributed by atoms with E-state index in [0.29, 0.717) is 19.5 Å². The number of urea groups is 1. The maximum absolute atomic E-state index is 12.4. The molecule has 0 radical (unpaired) electrons. The van der Waals surface area contributed by atoms with Crippen LogP contribution < -0.4 is 5.32 Å². The second-order valence-electron chi connectivity index (χ2n) is 5.98. The van der Waals surface area contributed by atoms with Gasteiger partial charge in [0.1, 0.15) is 0 Å². The summed E-state index contributed by atoms with van der Waals surface area (Å²) in [6.45, 7) is 1.15. The number of rotatable bonds is 5. The zero-order valence-electron chi connectivity index (χ0n) is 13.8. The van der Waals surface area contributed by atoms with Gasteiger partial charge in [0.15, 0.2) is 0 Å². The van der Waals surface area contributed by atoms with E-state index in [-0.39, 0.29) is 30.8 Å². The van der Waals surface area contributed by atoms with E-state index in [1.165, 1.54) is 4.90 Å². The number of piperidine rings is 1. The minimum absolute atomic E-state index is 0.0762. The summed E-state index contributed by atoms with van der Waals surface area (Å²) in [4.78, 5) is 38.4. The maximum Gasteiger partial charge on any atom is 0.321 e. The highest BCUT2D eigenvalue weighted by Gasteiger charge is 2.30. The molecular formula is C17H23N3O4. The van der Waals surface area contributed by atoms with Gasteiger partial charge in [-0.3, -0.25) is 9.59 Å². The van der Waals surface area contributed by atoms with Crippen LogP contribution >= 0.6 is 0 Å². The number of benzene rings is 1. The van der Waals surface area contributed by atoms with Crippen molar-refractivity contribution in [2.45, 2.75) is 19.3 Å². The van der Waals surface area contributed by atoms with Crippen LogP contribution in [-0.4, -0.2) is 59.5 Å². The van der Waals surface area contributed by atoms with Gasteiger partial charge in [-0.1, -0.05) is 18.2 Å². The first-order valence-corrected chi connectivity index (χ1v) is 8.05. The Hall–Kier alpha value is -2.57. The monoisotopic (exact) mass is 333 g/mol. The molecule has 130 valence electrons. The number of para-hydroxylation sites is 1. The Morgan fingerprint density at radius 2 is 2.00 bits per heavy atom. The van der Waals surface area contributed by atoms with Gasteiger partial charge in [0.25, 0.3) is 0 Å². The second kappa shape index (κ2) is 8.33. The van der Waals surface area contributed by atoms with Crippen molar-refractivity contribution in [3.63, 3.8) is 0 Å². The quantitative estimate of drug-likeness (QED) is 0.861. The van der Waals surface area contributed by atoms with Crippen molar-refractivity contribution >= 4 is 23.6 Å². The van der Waals surface area contributed by atoms with Gasteiger partial charge in [0.2, 0.25) is 5.91 Å². The Morgan fingerprint density at radius 1 is 1.29 bits per heavy atom. The Morgan fingerprint density at radius 3 is 2.67 bits per heavy atom. The Labute approximate surface area is 141 Å². The lowest BCUT2D eigenvalue weighted by molar-refractivity contribution is -0.139. The van der Waals surface area contributed by atoms with Gasteiger partial charge in [-0.25, -0.2) is 4.79 Å². The average Bonchev–Trinajstić information content (AvgIpc) is 2.60. The Kier molecular flexibility index (Phi) is 6.17. The SMILES string of the molecule is CN(CCC(=O)O)C(=O)C1CCCN(C(=O)Nc2ccccc2)C1. The first kappa shape index (κ1) is 17.8. The van der Waals surface area contributed by atoms with E-state index in [2.05, 4.69) is 5.32 Å². The Bertz CT molecular complexity index is 591. The number of aliphatic carboxylic acids is 1. The number of carbonyl (C=O) groups excluding carboxylic acids is 2. The summed E-state index contributed by atoms with van der Waals surface area (Å²) < 4.78 is 0. The van der Waals surface area contributed by atoms with Gasteiger partial charge in [0.05, 0.1) is 12.3 Å². The van der Waals surface area contributed by atoms with Gasteiger partial charge >= 0.3 is 12.0 Å². The van der Waals surface area contributed by atoms with E-state index in [0.717, 1.165) is 12.1 Å². The molecule has 2 rings (SSSR count). The lowest BCUT2D eigenvalue weighted by Crippen LogP contribution is -2.47. The minimum atomic E-state index is -0.929. The lowest BCUT2D eigenvalue weighted by atomic mass is 9.97. The molecule has 2 N–H and O–H groups in total. The zero-order valence-corrected chi connectivity index (χ0v) is 13.8. The summed E-state index contributed by atoms with van der Waals surface area (Å²) in [6, 6.07) is 8.96. The van der Waals surface area contributed by atoms with Crippen molar-refractivity contribution in [3.8, 4) is 0 Å². The average molecular weight is 333 g/mol. The van der Waals surface area contributed by atoms with Crippen molar-refractivity contribution in [2.75, 3.05) is 32.0 Å². The van der Waals surface area contributed by atoms with Crippen molar-refractivity contribution in [2.24, 2.45) is 5.92 Å². The summed E-state index contributed by atoms with van der Waals surface area (Å²) in [5.74, 6) is -1.31. The molecule has 1 saturated heterocycles. The van der Waals surface area contributed by atoms with Crippen LogP contribution in [0.25, 0.3) is 0 Å². The molecule has 1 heterocycles. The second-order valence-corrected chi connectivity index (χ2v) is 5.98. The number of carbonyl (C=O) groups is 3. The number of hydrogen-bond acceptors (Lipinski definition) is 3. The number of carboxylic acid groups (broad SMARTS) is 1. The zero-order chi connectivity index (χ0) is 17.5. The third kappa shape index (κ3) is 4.97. The summed E-state index contributed by atoms with van der Waals surface area (Å²) >= 11 is 0. The molecule has 1 aromatic carbocycles. The third-order valence-electron chi connectivity index (χ3n) is 4.12. The number of nitrogens with one attached hydrogen (secondary N) is 1. The van der Waals surface area contributed by atoms with Crippen molar-refractivity contribution in [3.05, 3.63) is 30.3 Å². The molecule has 0 spiro atoms. The smallest absolute Gasteiger partial charge is 0.321 e. The molecule has 24 heavy (non-hydrogen) atoms. The van der Waals surface area contributed by atoms with Crippen LogP contribution in [-0.2, 0) is 9.59 Å². The molecular weight excluding hydrogens is 310 g/mol. The largest absolute Gasteiger partial charge is 0.481 e. The van der Waals surface area contributed by atoms with Crippen LogP contribution in [0.2, 0.25) is 0 Å². The van der Waals surface area contributed by atoms with Crippen LogP contribution in [0, 0.1) is 5.92 Å². The highest BCUT2D eigenvalue weighted by molar-refractivity contribution is 5.90. The van der Waals surface area contributed by atoms with Gasteiger partial charge in [-0.2, -0.15) is 0 Å². The van der Waals surface area contributed by atoms with E-state index in [1.807, 2.05) is 30.3 Å². The fourth-order valence-corrected chi connectivity index (χ4v) is 2.77. The summed E-state index contributed by atoms with van der Waals surface area (Å²) in [5.41, 5.74) is 0.717. The lowest BCUT2D eigenvalue weighted by Gasteiger charge is -2.33. The van der Waals surface area contributed by atoms with E-state index < -0.39 is 5.97 Å². The number of hydrogen-bond donors (Lipinski definition) is 2. The third-order valence-corrected chi connectivity index (χ3v) is 4.12. The molecule has 1 fully saturated rings. The topological polar surface area (TPSA) is 90.0 Å². The molecule has 7 nitrogen and oxygen atoms in total. The van der Waals surface area contributed by atoms with Crippen LogP contribution in [0.1, 0.15) is 19.3 Å². The van der Waals surface area contributed by atoms with E-state index in [9.17, 15) is 14.4 Å². The first-order valence-electron chi connectivity index (χ1n) is 8.05. The first-order chi connectivity index (χ1) is 11.5. The predicted octanol–water partition coefficient (Wildman–Crippen LogP) is 1.86. The molecule has 1 atom stereocenters. The van der Waals surface area contributed by atoms with E-state index in [1.54, 1.807) is 11.9 Å². The standard InChI is InChI=1S/C17H23N3O4/c1-19(11-9-15(21)22)16(23)13-6-5-10-20(12-13)17(24)18-14-7-3-2-4-8-14/h2-4,7-8,13H,5-6,9-12H2,1H3,(H,18,24)(H,21,22). The normalized spacial score (nSPS) is 17.2. The minimum Gasteiger partial charge on any atom is -0.481 e. The maximum atomic E-state index is 12.4. The number of carboxylic acids is 1.